The quantitative estimate of drug-likeness (QED) is 0.420. The molecule has 0 saturated heterocycles. The van der Waals surface area contributed by atoms with Gasteiger partial charge in [0.2, 0.25) is 0 Å². The minimum Gasteiger partial charge on any atom is -0.435 e. The third-order valence-corrected chi connectivity index (χ3v) is 6.18. The van der Waals surface area contributed by atoms with E-state index in [1.165, 1.54) is 28.8 Å². The zero-order valence-electron chi connectivity index (χ0n) is 18.7. The van der Waals surface area contributed by atoms with Gasteiger partial charge in [0.25, 0.3) is 11.5 Å². The molecule has 3 aromatic carbocycles. The number of para-hydroxylation sites is 1. The van der Waals surface area contributed by atoms with Crippen molar-refractivity contribution in [2.45, 2.75) is 13.2 Å². The van der Waals surface area contributed by atoms with Gasteiger partial charge < -0.3 is 10.1 Å². The van der Waals surface area contributed by atoms with E-state index in [9.17, 15) is 23.6 Å². The largest absolute Gasteiger partial charge is 0.435 e. The van der Waals surface area contributed by atoms with Gasteiger partial charge in [0.15, 0.2) is 5.57 Å². The molecular formula is C27H19F2N3O3S. The number of benzene rings is 3. The van der Waals surface area contributed by atoms with E-state index in [1.807, 2.05) is 36.4 Å². The fraction of sp³-hybridized carbons (Fsp3) is 0.0741. The summed E-state index contributed by atoms with van der Waals surface area (Å²) >= 11 is 0.997. The minimum atomic E-state index is -2.94. The molecule has 0 aliphatic heterocycles. The first-order valence-corrected chi connectivity index (χ1v) is 11.6. The van der Waals surface area contributed by atoms with E-state index in [1.54, 1.807) is 36.4 Å². The highest BCUT2D eigenvalue weighted by molar-refractivity contribution is 7.07. The van der Waals surface area contributed by atoms with Gasteiger partial charge in [-0.05, 0) is 41.5 Å². The molecule has 4 rings (SSSR count). The lowest BCUT2D eigenvalue weighted by atomic mass is 10.2. The van der Waals surface area contributed by atoms with Crippen LogP contribution in [0.5, 0.6) is 5.75 Å². The number of thiazole rings is 1. The number of carbonyl (C=O) groups is 1. The van der Waals surface area contributed by atoms with Crippen molar-refractivity contribution < 1.29 is 18.3 Å². The molecule has 0 atom stereocenters. The Kier molecular flexibility index (Phi) is 7.68. The molecule has 9 heteroatoms. The van der Waals surface area contributed by atoms with Gasteiger partial charge in [0.1, 0.15) is 16.5 Å². The Bertz CT molecular complexity index is 1570. The van der Waals surface area contributed by atoms with Gasteiger partial charge in [-0.1, -0.05) is 60.7 Å². The summed E-state index contributed by atoms with van der Waals surface area (Å²) in [4.78, 5) is 26.4. The monoisotopic (exact) mass is 503 g/mol. The van der Waals surface area contributed by atoms with Gasteiger partial charge in [0, 0.05) is 6.54 Å². The molecule has 0 fully saturated rings. The van der Waals surface area contributed by atoms with E-state index < -0.39 is 18.1 Å². The normalized spacial score (nSPS) is 12.2. The number of hydrogen-bond acceptors (Lipinski definition) is 5. The summed E-state index contributed by atoms with van der Waals surface area (Å²) in [5.74, 6) is -0.613. The first-order valence-electron chi connectivity index (χ1n) is 10.8. The van der Waals surface area contributed by atoms with Crippen molar-refractivity contribution in [2.24, 2.45) is 0 Å². The molecule has 1 heterocycles. The molecule has 1 N–H and O–H groups in total. The average molecular weight is 504 g/mol. The molecule has 180 valence electrons. The molecule has 0 radical (unpaired) electrons. The molecule has 0 unspecified atom stereocenters. The Morgan fingerprint density at radius 3 is 2.28 bits per heavy atom. The smallest absolute Gasteiger partial charge is 0.387 e. The van der Waals surface area contributed by atoms with Crippen LogP contribution in [0.2, 0.25) is 0 Å². The van der Waals surface area contributed by atoms with Gasteiger partial charge in [0.05, 0.1) is 10.2 Å². The van der Waals surface area contributed by atoms with E-state index in [2.05, 4.69) is 10.1 Å². The lowest BCUT2D eigenvalue weighted by Gasteiger charge is -2.06. The van der Waals surface area contributed by atoms with E-state index in [4.69, 9.17) is 0 Å². The van der Waals surface area contributed by atoms with Crippen LogP contribution in [-0.4, -0.2) is 17.1 Å². The summed E-state index contributed by atoms with van der Waals surface area (Å²) in [6.45, 7) is -2.72. The number of alkyl halides is 2. The van der Waals surface area contributed by atoms with Crippen LogP contribution in [0, 0.1) is 11.3 Å². The third-order valence-electron chi connectivity index (χ3n) is 5.09. The Morgan fingerprint density at radius 2 is 1.67 bits per heavy atom. The molecule has 0 aliphatic carbocycles. The second kappa shape index (κ2) is 11.3. The number of aromatic nitrogens is 1. The van der Waals surface area contributed by atoms with E-state index in [0.29, 0.717) is 11.3 Å². The Hall–Kier alpha value is -4.55. The van der Waals surface area contributed by atoms with Gasteiger partial charge in [-0.2, -0.15) is 14.0 Å². The number of hydrogen-bond donors (Lipinski definition) is 1. The van der Waals surface area contributed by atoms with Crippen molar-refractivity contribution in [3.63, 3.8) is 0 Å². The fourth-order valence-corrected chi connectivity index (χ4v) is 4.52. The topological polar surface area (TPSA) is 84.1 Å². The van der Waals surface area contributed by atoms with Crippen molar-refractivity contribution in [3.05, 3.63) is 116 Å². The predicted octanol–water partition coefficient (Wildman–Crippen LogP) is 3.32. The zero-order chi connectivity index (χ0) is 25.5. The van der Waals surface area contributed by atoms with Gasteiger partial charge in [-0.25, -0.2) is 0 Å². The zero-order valence-corrected chi connectivity index (χ0v) is 19.5. The number of amides is 1. The highest BCUT2D eigenvalue weighted by Crippen LogP contribution is 2.15. The molecular weight excluding hydrogens is 484 g/mol. The first-order chi connectivity index (χ1) is 17.5. The van der Waals surface area contributed by atoms with Crippen molar-refractivity contribution >= 4 is 28.9 Å². The predicted molar refractivity (Wildman–Crippen MR) is 133 cm³/mol. The number of nitrogens with zero attached hydrogens (tertiary/aromatic N) is 2. The van der Waals surface area contributed by atoms with Crippen LogP contribution in [0.4, 0.5) is 8.78 Å². The third kappa shape index (κ3) is 5.74. The van der Waals surface area contributed by atoms with E-state index in [-0.39, 0.29) is 27.1 Å². The highest BCUT2D eigenvalue weighted by atomic mass is 32.1. The van der Waals surface area contributed by atoms with Crippen LogP contribution in [0.1, 0.15) is 11.1 Å². The summed E-state index contributed by atoms with van der Waals surface area (Å²) in [5.41, 5.74) is 1.31. The van der Waals surface area contributed by atoms with Gasteiger partial charge >= 0.3 is 6.61 Å². The number of carbonyl (C=O) groups excluding carboxylic acids is 1. The number of nitriles is 1. The Labute approximate surface area is 208 Å². The van der Waals surface area contributed by atoms with Crippen LogP contribution in [0.15, 0.2) is 89.7 Å². The highest BCUT2D eigenvalue weighted by Gasteiger charge is 2.17. The molecule has 0 aliphatic rings. The maximum absolute atomic E-state index is 13.4. The van der Waals surface area contributed by atoms with Crippen molar-refractivity contribution in [3.8, 4) is 17.5 Å². The summed E-state index contributed by atoms with van der Waals surface area (Å²) in [7, 11) is 0. The Morgan fingerprint density at radius 1 is 1.03 bits per heavy atom. The summed E-state index contributed by atoms with van der Waals surface area (Å²) in [6.07, 6.45) is 1.57. The standard InChI is InChI=1S/C27H19F2N3O3S/c28-27(29)35-21-13-11-18(12-14-21)15-23-25(34)32(20-9-5-2-6-10-20)26(36-23)22(16-30)24(33)31-17-19-7-3-1-4-8-19/h1-15,27H,17H2,(H,31,33)/b23-15-,26-22-. The fourth-order valence-electron chi connectivity index (χ4n) is 3.42. The Balaban J connectivity index is 1.81. The molecule has 0 spiro atoms. The van der Waals surface area contributed by atoms with Crippen LogP contribution in [-0.2, 0) is 11.3 Å². The number of halogens is 2. The number of ether oxygens (including phenoxy) is 1. The molecule has 1 amide bonds. The molecule has 4 aromatic rings. The summed E-state index contributed by atoms with van der Waals surface area (Å²) in [5, 5.41) is 12.6. The second-order valence-corrected chi connectivity index (χ2v) is 8.53. The summed E-state index contributed by atoms with van der Waals surface area (Å²) in [6, 6.07) is 25.7. The molecule has 6 nitrogen and oxygen atoms in total. The second-order valence-electron chi connectivity index (χ2n) is 7.49. The molecule has 36 heavy (non-hydrogen) atoms. The van der Waals surface area contributed by atoms with E-state index in [0.717, 1.165) is 16.9 Å². The number of rotatable bonds is 7. The molecule has 1 aromatic heterocycles. The van der Waals surface area contributed by atoms with Gasteiger partial charge in [-0.3, -0.25) is 14.2 Å². The molecule has 0 saturated carbocycles. The van der Waals surface area contributed by atoms with Crippen LogP contribution >= 0.6 is 11.3 Å². The summed E-state index contributed by atoms with van der Waals surface area (Å²) < 4.78 is 31.0. The first kappa shape index (κ1) is 24.6. The van der Waals surface area contributed by atoms with E-state index >= 15 is 0 Å². The SMILES string of the molecule is N#C/C(C(=O)NCc1ccccc1)=c1/s/c(=C\c2ccc(OC(F)F)cc2)c(=O)n1-c1ccccc1. The minimum absolute atomic E-state index is 0.00842. The lowest BCUT2D eigenvalue weighted by Crippen LogP contribution is -2.33. The lowest BCUT2D eigenvalue weighted by molar-refractivity contribution is -0.115. The number of nitrogens with one attached hydrogen (secondary N) is 1. The maximum atomic E-state index is 13.4. The van der Waals surface area contributed by atoms with Crippen LogP contribution < -0.4 is 24.8 Å². The van der Waals surface area contributed by atoms with Crippen LogP contribution in [0.3, 0.4) is 0 Å². The van der Waals surface area contributed by atoms with Crippen LogP contribution in [0.25, 0.3) is 17.3 Å². The average Bonchev–Trinajstić information content (AvgIpc) is 3.20. The maximum Gasteiger partial charge on any atom is 0.387 e. The van der Waals surface area contributed by atoms with Crippen molar-refractivity contribution in [1.82, 2.24) is 9.88 Å². The van der Waals surface area contributed by atoms with Crippen molar-refractivity contribution in [2.75, 3.05) is 0 Å². The van der Waals surface area contributed by atoms with Crippen molar-refractivity contribution in [1.29, 1.82) is 5.26 Å². The van der Waals surface area contributed by atoms with Gasteiger partial charge in [-0.15, -0.1) is 11.3 Å². The molecule has 0 bridgehead atoms.